The molecule has 1 aliphatic carbocycles. The average molecular weight is 198 g/mol. The number of cyclic esters (lactones) is 2. The minimum atomic E-state index is -0.893. The van der Waals surface area contributed by atoms with Crippen molar-refractivity contribution < 1.29 is 24.2 Å². The predicted molar refractivity (Wildman–Crippen MR) is 43.1 cm³/mol. The second-order valence-corrected chi connectivity index (χ2v) is 3.80. The van der Waals surface area contributed by atoms with E-state index in [9.17, 15) is 14.4 Å². The summed E-state index contributed by atoms with van der Waals surface area (Å²) in [5.74, 6) is -3.34. The molecule has 1 saturated carbocycles. The number of carbonyl (C=O) groups excluding carboxylic acids is 2. The van der Waals surface area contributed by atoms with E-state index in [4.69, 9.17) is 5.11 Å². The van der Waals surface area contributed by atoms with Crippen molar-refractivity contribution in [3.05, 3.63) is 0 Å². The Kier molecular flexibility index (Phi) is 2.02. The molecule has 2 rings (SSSR count). The van der Waals surface area contributed by atoms with Crippen LogP contribution in [0.1, 0.15) is 19.3 Å². The van der Waals surface area contributed by atoms with Gasteiger partial charge in [-0.05, 0) is 19.3 Å². The van der Waals surface area contributed by atoms with Gasteiger partial charge in [-0.25, -0.2) is 0 Å². The largest absolute Gasteiger partial charge is 0.481 e. The van der Waals surface area contributed by atoms with Gasteiger partial charge in [-0.1, -0.05) is 0 Å². The van der Waals surface area contributed by atoms with Crippen LogP contribution in [0.5, 0.6) is 0 Å². The van der Waals surface area contributed by atoms with Gasteiger partial charge in [-0.15, -0.1) is 0 Å². The van der Waals surface area contributed by atoms with Crippen LogP contribution in [0.4, 0.5) is 0 Å². The third-order valence-electron chi connectivity index (χ3n) is 3.01. The highest BCUT2D eigenvalue weighted by atomic mass is 16.6. The zero-order chi connectivity index (χ0) is 10.3. The normalized spacial score (nSPS) is 36.4. The fourth-order valence-electron chi connectivity index (χ4n) is 2.19. The van der Waals surface area contributed by atoms with E-state index in [1.54, 1.807) is 0 Å². The third-order valence-corrected chi connectivity index (χ3v) is 3.01. The topological polar surface area (TPSA) is 80.7 Å². The van der Waals surface area contributed by atoms with Gasteiger partial charge < -0.3 is 9.84 Å². The molecule has 1 saturated heterocycles. The second kappa shape index (κ2) is 3.08. The van der Waals surface area contributed by atoms with Crippen LogP contribution in [0.15, 0.2) is 0 Å². The molecule has 2 aliphatic rings. The van der Waals surface area contributed by atoms with Gasteiger partial charge in [0.25, 0.3) is 0 Å². The Balaban J connectivity index is 2.13. The Morgan fingerprint density at radius 2 is 1.86 bits per heavy atom. The van der Waals surface area contributed by atoms with Gasteiger partial charge in [0.2, 0.25) is 0 Å². The molecule has 0 aromatic carbocycles. The summed E-state index contributed by atoms with van der Waals surface area (Å²) in [5, 5.41) is 8.77. The Hall–Kier alpha value is -1.39. The van der Waals surface area contributed by atoms with Crippen LogP contribution in [0.2, 0.25) is 0 Å². The summed E-state index contributed by atoms with van der Waals surface area (Å²) in [6.45, 7) is 0. The van der Waals surface area contributed by atoms with E-state index in [1.165, 1.54) is 0 Å². The predicted octanol–water partition coefficient (Wildman–Crippen LogP) is 0.187. The first kappa shape index (κ1) is 9.18. The molecule has 3 atom stereocenters. The van der Waals surface area contributed by atoms with Crippen molar-refractivity contribution in [2.45, 2.75) is 19.3 Å². The van der Waals surface area contributed by atoms with Gasteiger partial charge in [0, 0.05) is 0 Å². The van der Waals surface area contributed by atoms with Crippen molar-refractivity contribution in [1.29, 1.82) is 0 Å². The minimum absolute atomic E-state index is 0.241. The number of esters is 2. The van der Waals surface area contributed by atoms with Crippen molar-refractivity contribution in [2.75, 3.05) is 0 Å². The van der Waals surface area contributed by atoms with Crippen molar-refractivity contribution in [3.8, 4) is 0 Å². The second-order valence-electron chi connectivity index (χ2n) is 3.80. The van der Waals surface area contributed by atoms with E-state index in [2.05, 4.69) is 4.74 Å². The summed E-state index contributed by atoms with van der Waals surface area (Å²) in [4.78, 5) is 33.0. The first-order valence-corrected chi connectivity index (χ1v) is 4.58. The standard InChI is InChI=1S/C9H10O5/c10-7(11)4-1-2-5-6(3-4)9(13)14-8(5)12/h4-6H,1-3H2,(H,10,11)/t4-,5+,6+/m1/s1. The minimum Gasteiger partial charge on any atom is -0.481 e. The van der Waals surface area contributed by atoms with Crippen LogP contribution in [-0.2, 0) is 19.1 Å². The van der Waals surface area contributed by atoms with E-state index in [-0.39, 0.29) is 6.42 Å². The lowest BCUT2D eigenvalue weighted by Gasteiger charge is -2.24. The van der Waals surface area contributed by atoms with Crippen LogP contribution in [0.25, 0.3) is 0 Å². The SMILES string of the molecule is O=C(O)[C@@H]1CC[C@@H]2C(=O)OC(=O)[C@H]2C1. The molecule has 5 heteroatoms. The summed E-state index contributed by atoms with van der Waals surface area (Å²) in [6, 6.07) is 0. The molecule has 14 heavy (non-hydrogen) atoms. The monoisotopic (exact) mass is 198 g/mol. The molecular formula is C9H10O5. The van der Waals surface area contributed by atoms with Crippen molar-refractivity contribution >= 4 is 17.9 Å². The number of aliphatic carboxylic acids is 1. The number of ether oxygens (including phenoxy) is 1. The van der Waals surface area contributed by atoms with E-state index in [0.717, 1.165) is 0 Å². The van der Waals surface area contributed by atoms with E-state index < -0.39 is 35.7 Å². The van der Waals surface area contributed by atoms with Crippen LogP contribution >= 0.6 is 0 Å². The molecule has 2 fully saturated rings. The first-order valence-electron chi connectivity index (χ1n) is 4.58. The average Bonchev–Trinajstić information content (AvgIpc) is 2.42. The summed E-state index contributed by atoms with van der Waals surface area (Å²) >= 11 is 0. The molecule has 76 valence electrons. The lowest BCUT2D eigenvalue weighted by molar-refractivity contribution is -0.153. The molecule has 1 N–H and O–H groups in total. The Morgan fingerprint density at radius 1 is 1.21 bits per heavy atom. The van der Waals surface area contributed by atoms with E-state index in [0.29, 0.717) is 12.8 Å². The van der Waals surface area contributed by atoms with Gasteiger partial charge in [-0.2, -0.15) is 0 Å². The molecule has 0 aromatic heterocycles. The zero-order valence-electron chi connectivity index (χ0n) is 7.43. The molecule has 0 aromatic rings. The maximum absolute atomic E-state index is 11.2. The quantitative estimate of drug-likeness (QED) is 0.480. The number of carboxylic acids is 1. The molecule has 0 bridgehead atoms. The van der Waals surface area contributed by atoms with Crippen LogP contribution in [0.3, 0.4) is 0 Å². The van der Waals surface area contributed by atoms with Gasteiger partial charge >= 0.3 is 17.9 Å². The Morgan fingerprint density at radius 3 is 2.50 bits per heavy atom. The number of hydrogen-bond acceptors (Lipinski definition) is 4. The van der Waals surface area contributed by atoms with Crippen LogP contribution in [-0.4, -0.2) is 23.0 Å². The fraction of sp³-hybridized carbons (Fsp3) is 0.667. The summed E-state index contributed by atoms with van der Waals surface area (Å²) in [7, 11) is 0. The highest BCUT2D eigenvalue weighted by Crippen LogP contribution is 2.39. The number of carbonyl (C=O) groups is 3. The molecular weight excluding hydrogens is 188 g/mol. The zero-order valence-corrected chi connectivity index (χ0v) is 7.43. The first-order chi connectivity index (χ1) is 6.59. The molecule has 5 nitrogen and oxygen atoms in total. The van der Waals surface area contributed by atoms with Crippen molar-refractivity contribution in [1.82, 2.24) is 0 Å². The Labute approximate surface area is 80.0 Å². The maximum Gasteiger partial charge on any atom is 0.317 e. The molecule has 1 heterocycles. The lowest BCUT2D eigenvalue weighted by Crippen LogP contribution is -2.30. The highest BCUT2D eigenvalue weighted by Gasteiger charge is 2.48. The summed E-state index contributed by atoms with van der Waals surface area (Å²) in [5.41, 5.74) is 0. The van der Waals surface area contributed by atoms with Crippen LogP contribution in [0, 0.1) is 17.8 Å². The maximum atomic E-state index is 11.2. The van der Waals surface area contributed by atoms with E-state index >= 15 is 0 Å². The van der Waals surface area contributed by atoms with E-state index in [1.807, 2.05) is 0 Å². The van der Waals surface area contributed by atoms with Crippen molar-refractivity contribution in [2.24, 2.45) is 17.8 Å². The van der Waals surface area contributed by atoms with Gasteiger partial charge in [0.1, 0.15) is 0 Å². The van der Waals surface area contributed by atoms with Crippen molar-refractivity contribution in [3.63, 3.8) is 0 Å². The number of hydrogen-bond donors (Lipinski definition) is 1. The lowest BCUT2D eigenvalue weighted by atomic mass is 9.75. The highest BCUT2D eigenvalue weighted by molar-refractivity contribution is 5.96. The molecule has 0 amide bonds. The fourth-order valence-corrected chi connectivity index (χ4v) is 2.19. The van der Waals surface area contributed by atoms with Gasteiger partial charge in [0.05, 0.1) is 17.8 Å². The number of carboxylic acid groups (broad SMARTS) is 1. The summed E-state index contributed by atoms with van der Waals surface area (Å²) < 4.78 is 4.47. The van der Waals surface area contributed by atoms with Gasteiger partial charge in [-0.3, -0.25) is 14.4 Å². The van der Waals surface area contributed by atoms with Gasteiger partial charge in [0.15, 0.2) is 0 Å². The van der Waals surface area contributed by atoms with Crippen LogP contribution < -0.4 is 0 Å². The molecule has 0 unspecified atom stereocenters. The Bertz CT molecular complexity index is 308. The number of fused-ring (bicyclic) bond motifs is 1. The smallest absolute Gasteiger partial charge is 0.317 e. The molecule has 0 spiro atoms. The third kappa shape index (κ3) is 1.29. The molecule has 1 aliphatic heterocycles. The number of rotatable bonds is 1. The molecule has 0 radical (unpaired) electrons. The summed E-state index contributed by atoms with van der Waals surface area (Å²) in [6.07, 6.45) is 1.15.